The van der Waals surface area contributed by atoms with E-state index in [1.165, 1.54) is 193 Å². The first-order valence-electron chi connectivity index (χ1n) is 29.2. The van der Waals surface area contributed by atoms with Crippen molar-refractivity contribution in [3.63, 3.8) is 0 Å². The van der Waals surface area contributed by atoms with Crippen LogP contribution >= 0.6 is 7.82 Å². The molecule has 0 aliphatic heterocycles. The number of aliphatic hydroxyl groups is 1. The first kappa shape index (κ1) is 67.2. The number of allylic oxidation sites excluding steroid dienone is 9. The summed E-state index contributed by atoms with van der Waals surface area (Å²) in [6.45, 7) is 4.77. The molecule has 3 atom stereocenters. The minimum absolute atomic E-state index is 0.0559. The number of unbranched alkanes of at least 4 members (excludes halogenated alkanes) is 32. The smallest absolute Gasteiger partial charge is 0.387 e. The van der Waals surface area contributed by atoms with E-state index in [2.05, 4.69) is 67.8 Å². The zero-order chi connectivity index (χ0) is 50.6. The Morgan fingerprint density at radius 2 is 0.841 bits per heavy atom. The highest BCUT2D eigenvalue weighted by Gasteiger charge is 2.27. The molecule has 0 bridgehead atoms. The number of phosphoric acid groups is 1. The summed E-state index contributed by atoms with van der Waals surface area (Å²) >= 11 is 0. The van der Waals surface area contributed by atoms with Gasteiger partial charge in [0.15, 0.2) is 0 Å². The number of nitrogens with zero attached hydrogens (tertiary/aromatic N) is 1. The fraction of sp³-hybridized carbons (Fsp3) is 0.817. The van der Waals surface area contributed by atoms with E-state index in [1.807, 2.05) is 27.2 Å². The van der Waals surface area contributed by atoms with Crippen LogP contribution in [0.3, 0.4) is 0 Å². The van der Waals surface area contributed by atoms with E-state index in [1.54, 1.807) is 6.08 Å². The van der Waals surface area contributed by atoms with Crippen LogP contribution in [0.15, 0.2) is 60.8 Å². The second-order valence-electron chi connectivity index (χ2n) is 21.0. The van der Waals surface area contributed by atoms with Gasteiger partial charge in [0.1, 0.15) is 13.2 Å². The highest BCUT2D eigenvalue weighted by Crippen LogP contribution is 2.43. The van der Waals surface area contributed by atoms with Crippen molar-refractivity contribution in [3.8, 4) is 0 Å². The molecule has 0 aliphatic carbocycles. The summed E-state index contributed by atoms with van der Waals surface area (Å²) < 4.78 is 23.6. The molecule has 0 saturated heterocycles. The molecule has 0 fully saturated rings. The maximum atomic E-state index is 12.9. The third-order valence-corrected chi connectivity index (χ3v) is 13.9. The monoisotopic (exact) mass is 990 g/mol. The van der Waals surface area contributed by atoms with Gasteiger partial charge in [0.05, 0.1) is 39.9 Å². The van der Waals surface area contributed by atoms with Crippen LogP contribution in [-0.4, -0.2) is 73.4 Å². The van der Waals surface area contributed by atoms with Gasteiger partial charge in [-0.05, 0) is 70.6 Å². The number of hydrogen-bond donors (Lipinski definition) is 3. The van der Waals surface area contributed by atoms with Crippen molar-refractivity contribution in [1.82, 2.24) is 5.32 Å². The Kier molecular flexibility index (Phi) is 49.8. The Labute approximate surface area is 428 Å². The Balaban J connectivity index is 3.98. The predicted octanol–water partition coefficient (Wildman–Crippen LogP) is 17.7. The zero-order valence-electron chi connectivity index (χ0n) is 46.0. The summed E-state index contributed by atoms with van der Waals surface area (Å²) in [6, 6.07) is -0.862. The highest BCUT2D eigenvalue weighted by molar-refractivity contribution is 7.47. The molecule has 0 aromatic rings. The predicted molar refractivity (Wildman–Crippen MR) is 300 cm³/mol. The molecule has 9 heteroatoms. The van der Waals surface area contributed by atoms with Crippen molar-refractivity contribution in [3.05, 3.63) is 60.8 Å². The molecule has 0 rings (SSSR count). The molecule has 8 nitrogen and oxygen atoms in total. The van der Waals surface area contributed by atoms with Crippen LogP contribution in [0.2, 0.25) is 0 Å². The molecule has 1 amide bonds. The van der Waals surface area contributed by atoms with Gasteiger partial charge in [-0.15, -0.1) is 0 Å². The van der Waals surface area contributed by atoms with Gasteiger partial charge >= 0.3 is 7.82 Å². The van der Waals surface area contributed by atoms with Crippen LogP contribution in [-0.2, 0) is 18.4 Å². The third-order valence-electron chi connectivity index (χ3n) is 13.0. The molecule has 0 saturated carbocycles. The fourth-order valence-electron chi connectivity index (χ4n) is 8.36. The largest absolute Gasteiger partial charge is 0.472 e. The molecular formula is C60H114N2O6P+. The zero-order valence-corrected chi connectivity index (χ0v) is 46.9. The normalized spacial score (nSPS) is 14.4. The SMILES string of the molecule is CCCCCCC/C=C\C/C=C\C/C=C\CCCCCCCCCCCCCCCCCCCCCCC(=O)NC(COP(=O)(O)OCC[N+](C)(C)C)C(O)/C=C/CC/C=C/CCCCCCCC. The number of phosphoric ester groups is 1. The standard InChI is InChI=1S/C60H113N2O6P/c1-6-8-10-12-14-16-18-20-21-22-23-24-25-26-27-28-29-30-31-32-33-34-35-36-37-38-39-40-41-42-44-46-48-50-52-54-60(64)61-58(57-68-69(65,66)67-56-55-62(3,4)5)59(63)53-51-49-47-45-43-19-17-15-13-11-9-7-2/h18,20,22-23,25-26,43,45,51,53,58-59,63H,6-17,19,21,24,27-42,44,46-50,52,54-57H2,1-5H3,(H-,61,64,65,66)/p+1/b20-18-,23-22-,26-25-,45-43+,53-51+. The lowest BCUT2D eigenvalue weighted by Crippen LogP contribution is -2.45. The van der Waals surface area contributed by atoms with Crippen LogP contribution in [0, 0.1) is 0 Å². The number of quaternary nitrogens is 1. The van der Waals surface area contributed by atoms with Crippen molar-refractivity contribution in [1.29, 1.82) is 0 Å². The van der Waals surface area contributed by atoms with Crippen molar-refractivity contribution < 1.29 is 32.9 Å². The summed E-state index contributed by atoms with van der Waals surface area (Å²) in [6.07, 6.45) is 69.2. The summed E-state index contributed by atoms with van der Waals surface area (Å²) in [5.41, 5.74) is 0. The number of carbonyl (C=O) groups excluding carboxylic acids is 1. The number of likely N-dealkylation sites (N-methyl/N-ethyl adjacent to an activating group) is 1. The van der Waals surface area contributed by atoms with Crippen LogP contribution in [0.4, 0.5) is 0 Å². The lowest BCUT2D eigenvalue weighted by atomic mass is 10.0. The van der Waals surface area contributed by atoms with Gasteiger partial charge in [-0.1, -0.05) is 248 Å². The van der Waals surface area contributed by atoms with Gasteiger partial charge < -0.3 is 19.8 Å². The topological polar surface area (TPSA) is 105 Å². The second-order valence-corrected chi connectivity index (χ2v) is 22.5. The molecule has 3 unspecified atom stereocenters. The van der Waals surface area contributed by atoms with E-state index in [9.17, 15) is 19.4 Å². The van der Waals surface area contributed by atoms with Gasteiger partial charge in [0.2, 0.25) is 5.91 Å². The first-order chi connectivity index (χ1) is 33.5. The summed E-state index contributed by atoms with van der Waals surface area (Å²) in [5, 5.41) is 13.8. The summed E-state index contributed by atoms with van der Waals surface area (Å²) in [5.74, 6) is -0.186. The Morgan fingerprint density at radius 3 is 1.26 bits per heavy atom. The van der Waals surface area contributed by atoms with E-state index in [-0.39, 0.29) is 19.1 Å². The van der Waals surface area contributed by atoms with E-state index in [4.69, 9.17) is 9.05 Å². The van der Waals surface area contributed by atoms with Gasteiger partial charge in [-0.3, -0.25) is 13.8 Å². The Hall–Kier alpha value is -1.80. The average molecular weight is 991 g/mol. The van der Waals surface area contributed by atoms with Gasteiger partial charge in [0, 0.05) is 6.42 Å². The van der Waals surface area contributed by atoms with Gasteiger partial charge in [-0.25, -0.2) is 4.57 Å². The third kappa shape index (κ3) is 53.8. The van der Waals surface area contributed by atoms with Crippen LogP contribution in [0.1, 0.15) is 264 Å². The summed E-state index contributed by atoms with van der Waals surface area (Å²) in [4.78, 5) is 23.2. The molecule has 404 valence electrons. The van der Waals surface area contributed by atoms with E-state index >= 15 is 0 Å². The van der Waals surface area contributed by atoms with Crippen LogP contribution < -0.4 is 5.32 Å². The molecule has 0 spiro atoms. The second kappa shape index (κ2) is 51.1. The molecule has 0 heterocycles. The molecule has 0 radical (unpaired) electrons. The van der Waals surface area contributed by atoms with E-state index in [0.717, 1.165) is 51.4 Å². The van der Waals surface area contributed by atoms with Crippen LogP contribution in [0.25, 0.3) is 0 Å². The number of amides is 1. The van der Waals surface area contributed by atoms with Crippen molar-refractivity contribution >= 4 is 13.7 Å². The highest BCUT2D eigenvalue weighted by atomic mass is 31.2. The van der Waals surface area contributed by atoms with Crippen molar-refractivity contribution in [2.75, 3.05) is 40.9 Å². The fourth-order valence-corrected chi connectivity index (χ4v) is 9.10. The van der Waals surface area contributed by atoms with Gasteiger partial charge in [-0.2, -0.15) is 0 Å². The van der Waals surface area contributed by atoms with Crippen molar-refractivity contribution in [2.24, 2.45) is 0 Å². The quantitative estimate of drug-likeness (QED) is 0.0243. The Morgan fingerprint density at radius 1 is 0.493 bits per heavy atom. The lowest BCUT2D eigenvalue weighted by Gasteiger charge is -2.25. The molecular weight excluding hydrogens is 876 g/mol. The van der Waals surface area contributed by atoms with E-state index < -0.39 is 20.0 Å². The van der Waals surface area contributed by atoms with Gasteiger partial charge in [0.25, 0.3) is 0 Å². The molecule has 69 heavy (non-hydrogen) atoms. The minimum Gasteiger partial charge on any atom is -0.387 e. The average Bonchev–Trinajstić information content (AvgIpc) is 3.31. The van der Waals surface area contributed by atoms with E-state index in [0.29, 0.717) is 17.4 Å². The van der Waals surface area contributed by atoms with Crippen molar-refractivity contribution in [2.45, 2.75) is 276 Å². The summed E-state index contributed by atoms with van der Waals surface area (Å²) in [7, 11) is 1.56. The Bertz CT molecular complexity index is 1310. The lowest BCUT2D eigenvalue weighted by molar-refractivity contribution is -0.870. The van der Waals surface area contributed by atoms with Crippen LogP contribution in [0.5, 0.6) is 0 Å². The minimum atomic E-state index is -4.35. The number of rotatable bonds is 53. The number of hydrogen-bond acceptors (Lipinski definition) is 5. The molecule has 0 aliphatic rings. The molecule has 3 N–H and O–H groups in total. The number of carbonyl (C=O) groups is 1. The molecule has 0 aromatic heterocycles. The first-order valence-corrected chi connectivity index (χ1v) is 30.7. The molecule has 0 aromatic carbocycles. The maximum absolute atomic E-state index is 12.9. The number of nitrogens with one attached hydrogen (secondary N) is 1. The maximum Gasteiger partial charge on any atom is 0.472 e. The number of aliphatic hydroxyl groups excluding tert-OH is 1.